The first-order chi connectivity index (χ1) is 9.47. The smallest absolute Gasteiger partial charge is 0.331 e. The highest BCUT2D eigenvalue weighted by Gasteiger charge is 2.14. The number of hydrogen-bond donors (Lipinski definition) is 2. The number of rotatable bonds is 6. The fourth-order valence-electron chi connectivity index (χ4n) is 1.39. The molecule has 106 valence electrons. The molecule has 0 fully saturated rings. The lowest BCUT2D eigenvalue weighted by molar-refractivity contribution is -0.133. The molecule has 1 aromatic carbocycles. The first kappa shape index (κ1) is 16.0. The third kappa shape index (κ3) is 4.28. The van der Waals surface area contributed by atoms with Gasteiger partial charge < -0.3 is 10.4 Å². The second-order valence-corrected chi connectivity index (χ2v) is 5.17. The number of benzene rings is 1. The molecule has 5 heteroatoms. The number of nitrogens with one attached hydrogen (secondary N) is 1. The summed E-state index contributed by atoms with van der Waals surface area (Å²) < 4.78 is 0. The van der Waals surface area contributed by atoms with Gasteiger partial charge in [-0.3, -0.25) is 4.79 Å². The summed E-state index contributed by atoms with van der Waals surface area (Å²) in [5.41, 5.74) is 0.904. The van der Waals surface area contributed by atoms with E-state index in [-0.39, 0.29) is 11.1 Å². The molecule has 0 heterocycles. The van der Waals surface area contributed by atoms with Crippen molar-refractivity contribution in [1.82, 2.24) is 0 Å². The summed E-state index contributed by atoms with van der Waals surface area (Å²) in [5.74, 6) is -0.765. The van der Waals surface area contributed by atoms with Crippen LogP contribution in [0.5, 0.6) is 0 Å². The molecule has 0 bridgehead atoms. The number of anilines is 1. The Bertz CT molecular complexity index is 564. The van der Waals surface area contributed by atoms with Gasteiger partial charge in [0.2, 0.25) is 0 Å². The van der Waals surface area contributed by atoms with Gasteiger partial charge in [0.15, 0.2) is 0 Å². The van der Waals surface area contributed by atoms with Gasteiger partial charge in [-0.25, -0.2) is 4.79 Å². The molecular weight excluding hydrogens is 274 g/mol. The van der Waals surface area contributed by atoms with Crippen LogP contribution in [0.2, 0.25) is 0 Å². The average Bonchev–Trinajstić information content (AvgIpc) is 2.44. The van der Waals surface area contributed by atoms with E-state index >= 15 is 0 Å². The van der Waals surface area contributed by atoms with Crippen molar-refractivity contribution < 1.29 is 14.7 Å². The van der Waals surface area contributed by atoms with Crippen LogP contribution in [0.25, 0.3) is 0 Å². The summed E-state index contributed by atoms with van der Waals surface area (Å²) in [5, 5.41) is 11.6. The summed E-state index contributed by atoms with van der Waals surface area (Å²) in [7, 11) is 0. The van der Waals surface area contributed by atoms with Gasteiger partial charge in [0, 0.05) is 21.8 Å². The van der Waals surface area contributed by atoms with E-state index in [0.29, 0.717) is 5.69 Å². The Morgan fingerprint density at radius 1 is 1.30 bits per heavy atom. The van der Waals surface area contributed by atoms with E-state index in [1.54, 1.807) is 23.9 Å². The summed E-state index contributed by atoms with van der Waals surface area (Å²) in [6, 6.07) is 7.38. The molecule has 0 atom stereocenters. The molecule has 0 aliphatic carbocycles. The second kappa shape index (κ2) is 7.55. The molecule has 0 radical (unpaired) electrons. The Kier molecular flexibility index (Phi) is 6.06. The van der Waals surface area contributed by atoms with Crippen LogP contribution in [0.3, 0.4) is 0 Å². The topological polar surface area (TPSA) is 66.4 Å². The maximum absolute atomic E-state index is 12.0. The van der Waals surface area contributed by atoms with E-state index in [2.05, 4.69) is 11.9 Å². The first-order valence-corrected chi connectivity index (χ1v) is 7.00. The van der Waals surface area contributed by atoms with Crippen LogP contribution in [-0.4, -0.2) is 22.7 Å². The highest BCUT2D eigenvalue weighted by molar-refractivity contribution is 7.99. The largest absolute Gasteiger partial charge is 0.478 e. The SMILES string of the molecule is C=CCSc1ccccc1NC(=O)C(C)=C(C)C(=O)O. The Hall–Kier alpha value is -2.01. The van der Waals surface area contributed by atoms with Gasteiger partial charge in [-0.15, -0.1) is 18.3 Å². The van der Waals surface area contributed by atoms with Gasteiger partial charge in [-0.05, 0) is 26.0 Å². The van der Waals surface area contributed by atoms with Crippen molar-refractivity contribution in [3.8, 4) is 0 Å². The zero-order chi connectivity index (χ0) is 15.1. The second-order valence-electron chi connectivity index (χ2n) is 4.11. The number of carbonyl (C=O) groups is 2. The Morgan fingerprint density at radius 2 is 1.95 bits per heavy atom. The van der Waals surface area contributed by atoms with Crippen LogP contribution >= 0.6 is 11.8 Å². The normalized spacial score (nSPS) is 11.5. The molecule has 1 aromatic rings. The number of thioether (sulfide) groups is 1. The summed E-state index contributed by atoms with van der Waals surface area (Å²) in [6.45, 7) is 6.57. The molecule has 4 nitrogen and oxygen atoms in total. The molecule has 20 heavy (non-hydrogen) atoms. The van der Waals surface area contributed by atoms with Gasteiger partial charge in [0.25, 0.3) is 5.91 Å². The van der Waals surface area contributed by atoms with Crippen molar-refractivity contribution in [2.75, 3.05) is 11.1 Å². The molecule has 0 aliphatic heterocycles. The third-order valence-corrected chi connectivity index (χ3v) is 3.79. The number of carbonyl (C=O) groups excluding carboxylic acids is 1. The highest BCUT2D eigenvalue weighted by Crippen LogP contribution is 2.27. The number of amides is 1. The number of aliphatic carboxylic acids is 1. The van der Waals surface area contributed by atoms with Crippen molar-refractivity contribution in [1.29, 1.82) is 0 Å². The molecule has 0 aliphatic rings. The lowest BCUT2D eigenvalue weighted by Gasteiger charge is -2.11. The predicted molar refractivity (Wildman–Crippen MR) is 82.0 cm³/mol. The minimum Gasteiger partial charge on any atom is -0.478 e. The van der Waals surface area contributed by atoms with E-state index in [9.17, 15) is 9.59 Å². The molecule has 0 saturated carbocycles. The molecular formula is C15H17NO3S. The number of hydrogen-bond acceptors (Lipinski definition) is 3. The van der Waals surface area contributed by atoms with Crippen molar-refractivity contribution in [2.45, 2.75) is 18.7 Å². The number of para-hydroxylation sites is 1. The van der Waals surface area contributed by atoms with Crippen LogP contribution in [-0.2, 0) is 9.59 Å². The molecule has 1 rings (SSSR count). The van der Waals surface area contributed by atoms with Crippen molar-refractivity contribution in [3.63, 3.8) is 0 Å². The standard InChI is InChI=1S/C15H17NO3S/c1-4-9-20-13-8-6-5-7-12(13)16-14(17)10(2)11(3)15(18)19/h4-8H,1,9H2,2-3H3,(H,16,17)(H,18,19). The molecule has 0 aromatic heterocycles. The molecule has 0 unspecified atom stereocenters. The van der Waals surface area contributed by atoms with Gasteiger partial charge in [0.05, 0.1) is 5.69 Å². The van der Waals surface area contributed by atoms with Gasteiger partial charge >= 0.3 is 5.97 Å². The Morgan fingerprint density at radius 3 is 2.55 bits per heavy atom. The lowest BCUT2D eigenvalue weighted by Crippen LogP contribution is -2.16. The predicted octanol–water partition coefficient (Wildman–Crippen LogP) is 3.32. The molecule has 2 N–H and O–H groups in total. The monoisotopic (exact) mass is 291 g/mol. The third-order valence-electron chi connectivity index (χ3n) is 2.72. The van der Waals surface area contributed by atoms with E-state index in [1.807, 2.05) is 18.2 Å². The van der Waals surface area contributed by atoms with Crippen LogP contribution in [0.1, 0.15) is 13.8 Å². The summed E-state index contributed by atoms with van der Waals surface area (Å²) in [4.78, 5) is 23.8. The Labute approximate surface area is 122 Å². The number of carboxylic acid groups (broad SMARTS) is 1. The zero-order valence-corrected chi connectivity index (χ0v) is 12.3. The minimum absolute atomic E-state index is 0.0405. The van der Waals surface area contributed by atoms with E-state index < -0.39 is 11.9 Å². The van der Waals surface area contributed by atoms with Gasteiger partial charge in [-0.2, -0.15) is 0 Å². The molecule has 0 spiro atoms. The fourth-order valence-corrected chi connectivity index (χ4v) is 2.14. The fraction of sp³-hybridized carbons (Fsp3) is 0.200. The van der Waals surface area contributed by atoms with E-state index in [4.69, 9.17) is 5.11 Å². The summed E-state index contributed by atoms with van der Waals surface area (Å²) >= 11 is 1.55. The van der Waals surface area contributed by atoms with E-state index in [1.165, 1.54) is 13.8 Å². The van der Waals surface area contributed by atoms with Crippen LogP contribution in [0, 0.1) is 0 Å². The van der Waals surface area contributed by atoms with Gasteiger partial charge in [-0.1, -0.05) is 18.2 Å². The van der Waals surface area contributed by atoms with Gasteiger partial charge in [0.1, 0.15) is 0 Å². The lowest BCUT2D eigenvalue weighted by atomic mass is 10.1. The van der Waals surface area contributed by atoms with Crippen molar-refractivity contribution >= 4 is 29.3 Å². The van der Waals surface area contributed by atoms with Crippen LogP contribution in [0.15, 0.2) is 53.0 Å². The van der Waals surface area contributed by atoms with Crippen LogP contribution in [0.4, 0.5) is 5.69 Å². The van der Waals surface area contributed by atoms with Crippen molar-refractivity contribution in [2.24, 2.45) is 0 Å². The highest BCUT2D eigenvalue weighted by atomic mass is 32.2. The average molecular weight is 291 g/mol. The minimum atomic E-state index is -1.09. The maximum Gasteiger partial charge on any atom is 0.331 e. The number of carboxylic acids is 1. The zero-order valence-electron chi connectivity index (χ0n) is 11.5. The first-order valence-electron chi connectivity index (χ1n) is 6.02. The van der Waals surface area contributed by atoms with Crippen molar-refractivity contribution in [3.05, 3.63) is 48.1 Å². The Balaban J connectivity index is 2.93. The molecule has 1 amide bonds. The maximum atomic E-state index is 12.0. The molecule has 0 saturated heterocycles. The van der Waals surface area contributed by atoms with E-state index in [0.717, 1.165) is 10.6 Å². The summed E-state index contributed by atoms with van der Waals surface area (Å²) in [6.07, 6.45) is 1.78. The quantitative estimate of drug-likeness (QED) is 0.479. The van der Waals surface area contributed by atoms with Crippen LogP contribution < -0.4 is 5.32 Å².